The van der Waals surface area contributed by atoms with Gasteiger partial charge in [0.25, 0.3) is 15.9 Å². The first-order chi connectivity index (χ1) is 10.4. The molecule has 7 heteroatoms. The predicted molar refractivity (Wildman–Crippen MR) is 80.0 cm³/mol. The molecule has 0 saturated heterocycles. The van der Waals surface area contributed by atoms with Gasteiger partial charge in [0.15, 0.2) is 0 Å². The molecule has 2 rings (SSSR count). The van der Waals surface area contributed by atoms with Gasteiger partial charge in [0.05, 0.1) is 0 Å². The van der Waals surface area contributed by atoms with Crippen molar-refractivity contribution in [3.05, 3.63) is 65.5 Å². The number of aryl methyl sites for hydroxylation is 1. The first-order valence-corrected chi connectivity index (χ1v) is 8.08. The first-order valence-electron chi connectivity index (χ1n) is 6.59. The van der Waals surface area contributed by atoms with Gasteiger partial charge in [-0.2, -0.15) is 0 Å². The van der Waals surface area contributed by atoms with Crippen molar-refractivity contribution in [1.82, 2.24) is 10.3 Å². The number of hydrazine groups is 1. The Hall–Kier alpha value is -2.25. The third-order valence-corrected chi connectivity index (χ3v) is 4.30. The van der Waals surface area contributed by atoms with Crippen molar-refractivity contribution in [2.24, 2.45) is 0 Å². The fourth-order valence-corrected chi connectivity index (χ4v) is 2.76. The summed E-state index contributed by atoms with van der Waals surface area (Å²) in [6.45, 7) is 1.94. The van der Waals surface area contributed by atoms with E-state index < -0.39 is 26.6 Å². The molecule has 0 aromatic heterocycles. The van der Waals surface area contributed by atoms with Gasteiger partial charge in [-0.15, -0.1) is 4.83 Å². The van der Waals surface area contributed by atoms with E-state index in [4.69, 9.17) is 0 Å². The van der Waals surface area contributed by atoms with Gasteiger partial charge in [-0.05, 0) is 36.2 Å². The van der Waals surface area contributed by atoms with Crippen LogP contribution in [0.5, 0.6) is 0 Å². The summed E-state index contributed by atoms with van der Waals surface area (Å²) in [6.07, 6.45) is 0.752. The summed E-state index contributed by atoms with van der Waals surface area (Å²) in [5.74, 6) is -1.51. The van der Waals surface area contributed by atoms with Crippen LogP contribution in [0.4, 0.5) is 4.39 Å². The fraction of sp³-hybridized carbons (Fsp3) is 0.133. The highest BCUT2D eigenvalue weighted by molar-refractivity contribution is 7.89. The molecule has 0 saturated carbocycles. The Labute approximate surface area is 128 Å². The van der Waals surface area contributed by atoms with Gasteiger partial charge in [0, 0.05) is 5.56 Å². The normalized spacial score (nSPS) is 11.2. The van der Waals surface area contributed by atoms with Gasteiger partial charge < -0.3 is 0 Å². The van der Waals surface area contributed by atoms with Crippen LogP contribution in [0.2, 0.25) is 0 Å². The van der Waals surface area contributed by atoms with Crippen LogP contribution in [0.3, 0.4) is 0 Å². The van der Waals surface area contributed by atoms with Gasteiger partial charge >= 0.3 is 0 Å². The molecule has 1 amide bonds. The summed E-state index contributed by atoms with van der Waals surface area (Å²) >= 11 is 0. The first kappa shape index (κ1) is 16.1. The van der Waals surface area contributed by atoms with Gasteiger partial charge in [0.2, 0.25) is 0 Å². The van der Waals surface area contributed by atoms with E-state index in [0.29, 0.717) is 5.56 Å². The summed E-state index contributed by atoms with van der Waals surface area (Å²) < 4.78 is 37.4. The van der Waals surface area contributed by atoms with Crippen molar-refractivity contribution in [2.45, 2.75) is 18.2 Å². The lowest BCUT2D eigenvalue weighted by Crippen LogP contribution is -2.41. The Kier molecular flexibility index (Phi) is 4.89. The number of carbonyl (C=O) groups is 1. The van der Waals surface area contributed by atoms with Crippen molar-refractivity contribution < 1.29 is 17.6 Å². The van der Waals surface area contributed by atoms with Crippen LogP contribution in [0, 0.1) is 5.82 Å². The van der Waals surface area contributed by atoms with E-state index in [-0.39, 0.29) is 0 Å². The molecule has 2 aromatic carbocycles. The molecule has 2 N–H and O–H groups in total. The van der Waals surface area contributed by atoms with E-state index in [2.05, 4.69) is 5.43 Å². The van der Waals surface area contributed by atoms with Crippen LogP contribution in [-0.4, -0.2) is 14.3 Å². The van der Waals surface area contributed by atoms with Crippen LogP contribution in [-0.2, 0) is 16.4 Å². The summed E-state index contributed by atoms with van der Waals surface area (Å²) in [5, 5.41) is 0. The van der Waals surface area contributed by atoms with E-state index in [1.165, 1.54) is 12.1 Å². The second-order valence-electron chi connectivity index (χ2n) is 4.54. The van der Waals surface area contributed by atoms with E-state index in [0.717, 1.165) is 24.1 Å². The van der Waals surface area contributed by atoms with Gasteiger partial charge in [-0.1, -0.05) is 31.2 Å². The van der Waals surface area contributed by atoms with Crippen molar-refractivity contribution in [2.75, 3.05) is 0 Å². The minimum absolute atomic E-state index is 0.315. The molecule has 5 nitrogen and oxygen atoms in total. The molecule has 0 atom stereocenters. The molecule has 0 bridgehead atoms. The van der Waals surface area contributed by atoms with E-state index in [1.54, 1.807) is 18.2 Å². The monoisotopic (exact) mass is 322 g/mol. The average molecular weight is 322 g/mol. The maximum absolute atomic E-state index is 13.5. The Balaban J connectivity index is 2.12. The molecular formula is C15H15FN2O3S. The third-order valence-electron chi connectivity index (χ3n) is 3.02. The number of benzene rings is 2. The molecule has 0 aliphatic rings. The smallest absolute Gasteiger partial charge is 0.266 e. The molecule has 116 valence electrons. The predicted octanol–water partition coefficient (Wildman–Crippen LogP) is 2.01. The van der Waals surface area contributed by atoms with Crippen LogP contribution in [0.15, 0.2) is 53.4 Å². The zero-order valence-electron chi connectivity index (χ0n) is 11.8. The number of sulfonamides is 1. The van der Waals surface area contributed by atoms with Crippen molar-refractivity contribution >= 4 is 15.9 Å². The number of rotatable bonds is 5. The highest BCUT2D eigenvalue weighted by Gasteiger charge is 2.19. The second kappa shape index (κ2) is 6.67. The van der Waals surface area contributed by atoms with E-state index >= 15 is 0 Å². The van der Waals surface area contributed by atoms with E-state index in [9.17, 15) is 17.6 Å². The number of nitrogens with one attached hydrogen (secondary N) is 2. The topological polar surface area (TPSA) is 75.3 Å². The van der Waals surface area contributed by atoms with Crippen LogP contribution in [0.25, 0.3) is 0 Å². The van der Waals surface area contributed by atoms with Crippen LogP contribution in [0.1, 0.15) is 22.8 Å². The quantitative estimate of drug-likeness (QED) is 0.827. The van der Waals surface area contributed by atoms with Crippen LogP contribution >= 0.6 is 0 Å². The number of hydrogen-bond acceptors (Lipinski definition) is 3. The Bertz CT molecular complexity index is 791. The number of hydrogen-bond donors (Lipinski definition) is 2. The van der Waals surface area contributed by atoms with Crippen LogP contribution < -0.4 is 10.3 Å². The lowest BCUT2D eigenvalue weighted by atomic mass is 10.1. The van der Waals surface area contributed by atoms with Gasteiger partial charge in [-0.25, -0.2) is 12.8 Å². The van der Waals surface area contributed by atoms with Crippen molar-refractivity contribution in [3.63, 3.8) is 0 Å². The van der Waals surface area contributed by atoms with Crippen molar-refractivity contribution in [3.8, 4) is 0 Å². The third kappa shape index (κ3) is 3.69. The number of halogens is 1. The highest BCUT2D eigenvalue weighted by atomic mass is 32.2. The Morgan fingerprint density at radius 1 is 1.14 bits per heavy atom. The summed E-state index contributed by atoms with van der Waals surface area (Å²) in [7, 11) is -4.17. The van der Waals surface area contributed by atoms with Gasteiger partial charge in [0.1, 0.15) is 10.7 Å². The standard InChI is InChI=1S/C15H15FN2O3S/c1-2-11-6-5-7-12(10-11)15(19)17-18-22(20,21)14-9-4-3-8-13(14)16/h3-10,18H,2H2,1H3,(H,17,19). The average Bonchev–Trinajstić information content (AvgIpc) is 2.53. The second-order valence-corrected chi connectivity index (χ2v) is 6.19. The molecule has 0 fully saturated rings. The summed E-state index contributed by atoms with van der Waals surface area (Å²) in [4.78, 5) is 13.3. The molecule has 2 aromatic rings. The minimum Gasteiger partial charge on any atom is -0.273 e. The maximum atomic E-state index is 13.5. The molecule has 0 radical (unpaired) electrons. The molecular weight excluding hydrogens is 307 g/mol. The molecule has 0 heterocycles. The van der Waals surface area contributed by atoms with Gasteiger partial charge in [-0.3, -0.25) is 10.2 Å². The molecule has 0 aliphatic carbocycles. The number of amides is 1. The molecule has 0 spiro atoms. The lowest BCUT2D eigenvalue weighted by Gasteiger charge is -2.09. The molecule has 0 unspecified atom stereocenters. The largest absolute Gasteiger partial charge is 0.273 e. The molecule has 0 aliphatic heterocycles. The zero-order chi connectivity index (χ0) is 16.2. The summed E-state index contributed by atoms with van der Waals surface area (Å²) in [5.41, 5.74) is 3.34. The maximum Gasteiger partial charge on any atom is 0.266 e. The highest BCUT2D eigenvalue weighted by Crippen LogP contribution is 2.12. The zero-order valence-corrected chi connectivity index (χ0v) is 12.7. The lowest BCUT2D eigenvalue weighted by molar-refractivity contribution is 0.0945. The van der Waals surface area contributed by atoms with Crippen molar-refractivity contribution in [1.29, 1.82) is 0 Å². The Morgan fingerprint density at radius 3 is 2.55 bits per heavy atom. The van der Waals surface area contributed by atoms with E-state index in [1.807, 2.05) is 17.8 Å². The minimum atomic E-state index is -4.17. The summed E-state index contributed by atoms with van der Waals surface area (Å²) in [6, 6.07) is 11.7. The Morgan fingerprint density at radius 2 is 1.86 bits per heavy atom. The fourth-order valence-electron chi connectivity index (χ4n) is 1.84. The number of carbonyl (C=O) groups excluding carboxylic acids is 1. The SMILES string of the molecule is CCc1cccc(C(=O)NNS(=O)(=O)c2ccccc2F)c1. The molecule has 22 heavy (non-hydrogen) atoms.